The molecule has 1 aromatic rings. The van der Waals surface area contributed by atoms with E-state index in [9.17, 15) is 18.0 Å². The van der Waals surface area contributed by atoms with Crippen molar-refractivity contribution >= 4 is 11.6 Å². The van der Waals surface area contributed by atoms with E-state index < -0.39 is 17.5 Å². The van der Waals surface area contributed by atoms with Gasteiger partial charge in [0, 0.05) is 37.8 Å². The van der Waals surface area contributed by atoms with Crippen LogP contribution < -0.4 is 10.6 Å². The zero-order valence-corrected chi connectivity index (χ0v) is 8.61. The van der Waals surface area contributed by atoms with E-state index >= 15 is 0 Å². The molecular weight excluding hydrogens is 221 g/mol. The fourth-order valence-electron chi connectivity index (χ4n) is 1.10. The van der Waals surface area contributed by atoms with Crippen molar-refractivity contribution in [2.24, 2.45) is 0 Å². The highest BCUT2D eigenvalue weighted by atomic mass is 19.2. The second-order valence-electron chi connectivity index (χ2n) is 3.16. The molecule has 0 radical (unpaired) electrons. The summed E-state index contributed by atoms with van der Waals surface area (Å²) in [6, 6.07) is 1.71. The third-order valence-corrected chi connectivity index (χ3v) is 1.81. The van der Waals surface area contributed by atoms with Gasteiger partial charge in [-0.05, 0) is 0 Å². The standard InChI is InChI=1S/C10H11F3N2O/c1-6(16)14-2-3-15-7-4-8(11)10(13)9(12)5-7/h4-5,15H,2-3H2,1H3,(H,14,16). The first-order valence-electron chi connectivity index (χ1n) is 4.63. The Labute approximate surface area is 90.6 Å². The van der Waals surface area contributed by atoms with E-state index in [0.717, 1.165) is 12.1 Å². The van der Waals surface area contributed by atoms with Gasteiger partial charge in [-0.2, -0.15) is 0 Å². The fourth-order valence-corrected chi connectivity index (χ4v) is 1.10. The molecule has 0 saturated heterocycles. The largest absolute Gasteiger partial charge is 0.383 e. The summed E-state index contributed by atoms with van der Waals surface area (Å²) in [6.07, 6.45) is 0. The predicted octanol–water partition coefficient (Wildman–Crippen LogP) is 1.65. The summed E-state index contributed by atoms with van der Waals surface area (Å²) in [4.78, 5) is 10.5. The molecule has 1 amide bonds. The van der Waals surface area contributed by atoms with Crippen molar-refractivity contribution in [3.8, 4) is 0 Å². The summed E-state index contributed by atoms with van der Waals surface area (Å²) >= 11 is 0. The molecule has 1 aromatic carbocycles. The summed E-state index contributed by atoms with van der Waals surface area (Å²) in [6.45, 7) is 1.97. The number of hydrogen-bond acceptors (Lipinski definition) is 2. The Hall–Kier alpha value is -1.72. The highest BCUT2D eigenvalue weighted by molar-refractivity contribution is 5.72. The molecule has 0 heterocycles. The molecule has 0 unspecified atom stereocenters. The minimum atomic E-state index is -1.49. The number of benzene rings is 1. The van der Waals surface area contributed by atoms with Crippen LogP contribution in [-0.4, -0.2) is 19.0 Å². The smallest absolute Gasteiger partial charge is 0.216 e. The molecule has 6 heteroatoms. The maximum Gasteiger partial charge on any atom is 0.216 e. The average molecular weight is 232 g/mol. The first-order chi connectivity index (χ1) is 7.50. The van der Waals surface area contributed by atoms with Crippen molar-refractivity contribution in [2.45, 2.75) is 6.92 Å². The van der Waals surface area contributed by atoms with Crippen molar-refractivity contribution in [3.05, 3.63) is 29.6 Å². The molecule has 1 rings (SSSR count). The van der Waals surface area contributed by atoms with Crippen LogP contribution in [0.5, 0.6) is 0 Å². The monoisotopic (exact) mass is 232 g/mol. The molecule has 0 aliphatic heterocycles. The molecule has 0 saturated carbocycles. The summed E-state index contributed by atoms with van der Waals surface area (Å²) in [7, 11) is 0. The lowest BCUT2D eigenvalue weighted by Gasteiger charge is -2.07. The lowest BCUT2D eigenvalue weighted by atomic mass is 10.3. The zero-order chi connectivity index (χ0) is 12.1. The number of amides is 1. The second-order valence-corrected chi connectivity index (χ2v) is 3.16. The molecular formula is C10H11F3N2O. The maximum absolute atomic E-state index is 12.8. The number of rotatable bonds is 4. The molecule has 3 nitrogen and oxygen atoms in total. The van der Waals surface area contributed by atoms with Crippen LogP contribution in [0.4, 0.5) is 18.9 Å². The Morgan fingerprint density at radius 3 is 2.25 bits per heavy atom. The SMILES string of the molecule is CC(=O)NCCNc1cc(F)c(F)c(F)c1. The summed E-state index contributed by atoms with van der Waals surface area (Å²) in [5.74, 6) is -4.19. The van der Waals surface area contributed by atoms with Crippen LogP contribution in [0.25, 0.3) is 0 Å². The molecule has 0 aliphatic carbocycles. The molecule has 2 N–H and O–H groups in total. The van der Waals surface area contributed by atoms with Gasteiger partial charge in [0.25, 0.3) is 0 Å². The molecule has 0 aromatic heterocycles. The molecule has 0 aliphatic rings. The number of nitrogens with one attached hydrogen (secondary N) is 2. The molecule has 88 valence electrons. The molecule has 16 heavy (non-hydrogen) atoms. The molecule has 0 bridgehead atoms. The molecule has 0 spiro atoms. The van der Waals surface area contributed by atoms with Gasteiger partial charge in [-0.15, -0.1) is 0 Å². The van der Waals surface area contributed by atoms with Crippen LogP contribution in [0.1, 0.15) is 6.92 Å². The highest BCUT2D eigenvalue weighted by Crippen LogP contribution is 2.16. The van der Waals surface area contributed by atoms with Crippen LogP contribution in [0.2, 0.25) is 0 Å². The van der Waals surface area contributed by atoms with Crippen molar-refractivity contribution in [1.29, 1.82) is 0 Å². The van der Waals surface area contributed by atoms with E-state index in [-0.39, 0.29) is 11.6 Å². The van der Waals surface area contributed by atoms with Crippen molar-refractivity contribution in [3.63, 3.8) is 0 Å². The number of carbonyl (C=O) groups is 1. The van der Waals surface area contributed by atoms with Gasteiger partial charge in [-0.25, -0.2) is 13.2 Å². The first kappa shape index (κ1) is 12.4. The van der Waals surface area contributed by atoms with Crippen molar-refractivity contribution < 1.29 is 18.0 Å². The van der Waals surface area contributed by atoms with E-state index in [1.54, 1.807) is 0 Å². The molecule has 0 fully saturated rings. The summed E-state index contributed by atoms with van der Waals surface area (Å²) < 4.78 is 38.1. The summed E-state index contributed by atoms with van der Waals surface area (Å²) in [5.41, 5.74) is 0.127. The Balaban J connectivity index is 2.52. The van der Waals surface area contributed by atoms with Gasteiger partial charge in [0.15, 0.2) is 17.5 Å². The van der Waals surface area contributed by atoms with E-state index in [1.165, 1.54) is 6.92 Å². The van der Waals surface area contributed by atoms with Gasteiger partial charge in [-0.3, -0.25) is 4.79 Å². The minimum Gasteiger partial charge on any atom is -0.383 e. The number of anilines is 1. The topological polar surface area (TPSA) is 41.1 Å². The van der Waals surface area contributed by atoms with Crippen LogP contribution in [0.3, 0.4) is 0 Å². The van der Waals surface area contributed by atoms with Gasteiger partial charge >= 0.3 is 0 Å². The van der Waals surface area contributed by atoms with Crippen LogP contribution >= 0.6 is 0 Å². The Bertz CT molecular complexity index is 373. The second kappa shape index (κ2) is 5.39. The first-order valence-corrected chi connectivity index (χ1v) is 4.63. The quantitative estimate of drug-likeness (QED) is 0.612. The van der Waals surface area contributed by atoms with Gasteiger partial charge in [0.1, 0.15) is 0 Å². The van der Waals surface area contributed by atoms with Gasteiger partial charge < -0.3 is 10.6 Å². The van der Waals surface area contributed by atoms with E-state index in [2.05, 4.69) is 10.6 Å². The highest BCUT2D eigenvalue weighted by Gasteiger charge is 2.09. The zero-order valence-electron chi connectivity index (χ0n) is 8.61. The minimum absolute atomic E-state index is 0.127. The van der Waals surface area contributed by atoms with Crippen molar-refractivity contribution in [2.75, 3.05) is 18.4 Å². The summed E-state index contributed by atoms with van der Waals surface area (Å²) in [5, 5.41) is 5.14. The van der Waals surface area contributed by atoms with Gasteiger partial charge in [0.2, 0.25) is 5.91 Å². The number of hydrogen-bond donors (Lipinski definition) is 2. The Morgan fingerprint density at radius 2 is 1.75 bits per heavy atom. The van der Waals surface area contributed by atoms with Gasteiger partial charge in [0.05, 0.1) is 0 Å². The van der Waals surface area contributed by atoms with E-state index in [4.69, 9.17) is 0 Å². The molecule has 0 atom stereocenters. The maximum atomic E-state index is 12.8. The predicted molar refractivity (Wildman–Crippen MR) is 53.5 cm³/mol. The third kappa shape index (κ3) is 3.45. The average Bonchev–Trinajstić information content (AvgIpc) is 2.20. The fraction of sp³-hybridized carbons (Fsp3) is 0.300. The Kier molecular flexibility index (Phi) is 4.16. The Morgan fingerprint density at radius 1 is 1.19 bits per heavy atom. The van der Waals surface area contributed by atoms with E-state index in [1.807, 2.05) is 0 Å². The third-order valence-electron chi connectivity index (χ3n) is 1.81. The van der Waals surface area contributed by atoms with E-state index in [0.29, 0.717) is 13.1 Å². The van der Waals surface area contributed by atoms with Gasteiger partial charge in [-0.1, -0.05) is 0 Å². The van der Waals surface area contributed by atoms with Crippen LogP contribution in [0.15, 0.2) is 12.1 Å². The lowest BCUT2D eigenvalue weighted by molar-refractivity contribution is -0.118. The van der Waals surface area contributed by atoms with Crippen molar-refractivity contribution in [1.82, 2.24) is 5.32 Å². The lowest BCUT2D eigenvalue weighted by Crippen LogP contribution is -2.26. The number of halogens is 3. The number of carbonyl (C=O) groups excluding carboxylic acids is 1. The van der Waals surface area contributed by atoms with Crippen LogP contribution in [-0.2, 0) is 4.79 Å². The van der Waals surface area contributed by atoms with Crippen LogP contribution in [0, 0.1) is 17.5 Å². The normalized spacial score (nSPS) is 10.0.